The Morgan fingerprint density at radius 3 is 2.37 bits per heavy atom. The molecule has 4 fully saturated rings. The molecular formula is C23H39NO3. The van der Waals surface area contributed by atoms with E-state index in [0.29, 0.717) is 17.4 Å². The van der Waals surface area contributed by atoms with Crippen molar-refractivity contribution < 1.29 is 14.6 Å². The summed E-state index contributed by atoms with van der Waals surface area (Å²) in [6, 6.07) is 0.313. The van der Waals surface area contributed by atoms with Gasteiger partial charge in [0.15, 0.2) is 0 Å². The van der Waals surface area contributed by atoms with Crippen LogP contribution in [0.5, 0.6) is 0 Å². The van der Waals surface area contributed by atoms with Crippen LogP contribution in [0.25, 0.3) is 0 Å². The lowest BCUT2D eigenvalue weighted by molar-refractivity contribution is -0.146. The number of aliphatic hydroxyl groups is 1. The van der Waals surface area contributed by atoms with Crippen LogP contribution in [0.4, 0.5) is 4.79 Å². The molecule has 4 nitrogen and oxygen atoms in total. The molecule has 0 bridgehead atoms. The average Bonchev–Trinajstić information content (AvgIpc) is 2.98. The quantitative estimate of drug-likeness (QED) is 0.711. The predicted octanol–water partition coefficient (Wildman–Crippen LogP) is 4.85. The molecule has 1 N–H and O–H groups in total. The van der Waals surface area contributed by atoms with Crippen LogP contribution >= 0.6 is 0 Å². The number of ether oxygens (including phenoxy) is 1. The molecule has 0 heterocycles. The van der Waals surface area contributed by atoms with Crippen molar-refractivity contribution in [2.45, 2.75) is 90.2 Å². The Labute approximate surface area is 165 Å². The van der Waals surface area contributed by atoms with E-state index >= 15 is 0 Å². The first kappa shape index (κ1) is 19.5. The van der Waals surface area contributed by atoms with Crippen molar-refractivity contribution in [1.82, 2.24) is 4.90 Å². The summed E-state index contributed by atoms with van der Waals surface area (Å²) in [5.41, 5.74) is 0.175. The molecule has 4 saturated carbocycles. The van der Waals surface area contributed by atoms with E-state index in [0.717, 1.165) is 37.0 Å². The summed E-state index contributed by atoms with van der Waals surface area (Å²) in [5, 5.41) is 10.6. The molecule has 0 spiro atoms. The van der Waals surface area contributed by atoms with Crippen LogP contribution in [0.1, 0.15) is 78.6 Å². The molecule has 0 unspecified atom stereocenters. The molecule has 1 amide bonds. The molecule has 27 heavy (non-hydrogen) atoms. The standard InChI is InChI=1S/C23H39NO3/c1-21(26)12-13-22(2)15(14-21)6-7-16-17-8-9-19(24(4)20(25)27-5)23(17,3)11-10-18(16)22/h15-19,26H,6-14H2,1-5H3/t15-,16-,17-,18-,19-,21+,22-,23-/m0/s1. The summed E-state index contributed by atoms with van der Waals surface area (Å²) in [7, 11) is 3.42. The van der Waals surface area contributed by atoms with E-state index in [1.54, 1.807) is 0 Å². The first-order chi connectivity index (χ1) is 12.6. The molecule has 8 atom stereocenters. The first-order valence-corrected chi connectivity index (χ1v) is 11.2. The van der Waals surface area contributed by atoms with Gasteiger partial charge in [-0.3, -0.25) is 0 Å². The first-order valence-electron chi connectivity index (χ1n) is 11.2. The Kier molecular flexibility index (Phi) is 4.61. The van der Waals surface area contributed by atoms with Gasteiger partial charge in [-0.25, -0.2) is 4.79 Å². The van der Waals surface area contributed by atoms with Crippen molar-refractivity contribution in [2.75, 3.05) is 14.2 Å². The summed E-state index contributed by atoms with van der Waals surface area (Å²) in [5.74, 6) is 3.01. The number of hydrogen-bond acceptors (Lipinski definition) is 3. The number of amides is 1. The second kappa shape index (κ2) is 6.37. The van der Waals surface area contributed by atoms with E-state index in [4.69, 9.17) is 4.74 Å². The van der Waals surface area contributed by atoms with Crippen LogP contribution in [-0.2, 0) is 4.74 Å². The molecule has 4 rings (SSSR count). The minimum Gasteiger partial charge on any atom is -0.453 e. The molecule has 0 radical (unpaired) electrons. The van der Waals surface area contributed by atoms with Gasteiger partial charge in [0.25, 0.3) is 0 Å². The third-order valence-corrected chi connectivity index (χ3v) is 9.83. The van der Waals surface area contributed by atoms with Gasteiger partial charge in [-0.15, -0.1) is 0 Å². The SMILES string of the molecule is COC(=O)N(C)[C@H]1CC[C@H]2[C@@H]3CC[C@H]4C[C@](C)(O)CC[C@]4(C)[C@H]3CC[C@]12C. The van der Waals surface area contributed by atoms with Crippen LogP contribution in [0, 0.1) is 34.5 Å². The maximum absolute atomic E-state index is 12.2. The molecule has 0 aromatic rings. The van der Waals surface area contributed by atoms with Crippen molar-refractivity contribution in [3.63, 3.8) is 0 Å². The molecule has 4 aliphatic rings. The van der Waals surface area contributed by atoms with E-state index < -0.39 is 5.60 Å². The Bertz CT molecular complexity index is 604. The van der Waals surface area contributed by atoms with Gasteiger partial charge in [-0.1, -0.05) is 13.8 Å². The van der Waals surface area contributed by atoms with Crippen molar-refractivity contribution in [1.29, 1.82) is 0 Å². The Hall–Kier alpha value is -0.770. The second-order valence-electron chi connectivity index (χ2n) is 11.1. The molecule has 0 aromatic heterocycles. The van der Waals surface area contributed by atoms with Gasteiger partial charge in [-0.05, 0) is 99.2 Å². The maximum atomic E-state index is 12.2. The minimum absolute atomic E-state index is 0.186. The van der Waals surface area contributed by atoms with E-state index in [1.807, 2.05) is 18.9 Å². The van der Waals surface area contributed by atoms with Gasteiger partial charge in [-0.2, -0.15) is 0 Å². The van der Waals surface area contributed by atoms with Crippen LogP contribution in [0.2, 0.25) is 0 Å². The van der Waals surface area contributed by atoms with Gasteiger partial charge < -0.3 is 14.7 Å². The van der Waals surface area contributed by atoms with Gasteiger partial charge in [0, 0.05) is 13.1 Å². The van der Waals surface area contributed by atoms with Crippen molar-refractivity contribution in [3.05, 3.63) is 0 Å². The lowest BCUT2D eigenvalue weighted by atomic mass is 9.44. The van der Waals surface area contributed by atoms with Gasteiger partial charge in [0.2, 0.25) is 0 Å². The van der Waals surface area contributed by atoms with E-state index in [-0.39, 0.29) is 11.5 Å². The zero-order valence-corrected chi connectivity index (χ0v) is 18.0. The third-order valence-electron chi connectivity index (χ3n) is 9.83. The number of methoxy groups -OCH3 is 1. The van der Waals surface area contributed by atoms with Crippen LogP contribution in [-0.4, -0.2) is 41.9 Å². The number of nitrogens with zero attached hydrogens (tertiary/aromatic N) is 1. The second-order valence-corrected chi connectivity index (χ2v) is 11.1. The Balaban J connectivity index is 1.57. The summed E-state index contributed by atoms with van der Waals surface area (Å²) >= 11 is 0. The van der Waals surface area contributed by atoms with Crippen molar-refractivity contribution >= 4 is 6.09 Å². The van der Waals surface area contributed by atoms with Gasteiger partial charge in [0.1, 0.15) is 0 Å². The highest BCUT2D eigenvalue weighted by molar-refractivity contribution is 5.67. The largest absolute Gasteiger partial charge is 0.453 e. The van der Waals surface area contributed by atoms with Gasteiger partial charge in [0.05, 0.1) is 12.7 Å². The van der Waals surface area contributed by atoms with Crippen LogP contribution in [0.3, 0.4) is 0 Å². The molecule has 0 saturated heterocycles. The number of rotatable bonds is 1. The number of fused-ring (bicyclic) bond motifs is 5. The summed E-state index contributed by atoms with van der Waals surface area (Å²) in [4.78, 5) is 14.1. The third kappa shape index (κ3) is 2.84. The fourth-order valence-electron chi connectivity index (χ4n) is 8.31. The summed E-state index contributed by atoms with van der Waals surface area (Å²) in [6.07, 6.45) is 10.4. The summed E-state index contributed by atoms with van der Waals surface area (Å²) in [6.45, 7) is 7.03. The zero-order valence-electron chi connectivity index (χ0n) is 18.0. The van der Waals surface area contributed by atoms with Crippen LogP contribution < -0.4 is 0 Å². The molecule has 4 aliphatic carbocycles. The fourth-order valence-corrected chi connectivity index (χ4v) is 8.31. The van der Waals surface area contributed by atoms with E-state index in [1.165, 1.54) is 45.6 Å². The molecule has 154 valence electrons. The number of carbonyl (C=O) groups excluding carboxylic acids is 1. The molecule has 4 heteroatoms. The van der Waals surface area contributed by atoms with Crippen molar-refractivity contribution in [2.24, 2.45) is 34.5 Å². The fraction of sp³-hybridized carbons (Fsp3) is 0.957. The zero-order chi connectivity index (χ0) is 19.6. The molecule has 0 aliphatic heterocycles. The topological polar surface area (TPSA) is 49.8 Å². The highest BCUT2D eigenvalue weighted by Gasteiger charge is 2.61. The lowest BCUT2D eigenvalue weighted by Gasteiger charge is -2.62. The lowest BCUT2D eigenvalue weighted by Crippen LogP contribution is -2.57. The molecular weight excluding hydrogens is 338 g/mol. The maximum Gasteiger partial charge on any atom is 0.409 e. The van der Waals surface area contributed by atoms with Gasteiger partial charge >= 0.3 is 6.09 Å². The van der Waals surface area contributed by atoms with Crippen LogP contribution in [0.15, 0.2) is 0 Å². The normalized spacial score (nSPS) is 51.7. The number of hydrogen-bond donors (Lipinski definition) is 1. The predicted molar refractivity (Wildman–Crippen MR) is 106 cm³/mol. The van der Waals surface area contributed by atoms with E-state index in [2.05, 4.69) is 13.8 Å². The smallest absolute Gasteiger partial charge is 0.409 e. The minimum atomic E-state index is -0.456. The Morgan fingerprint density at radius 1 is 0.963 bits per heavy atom. The average molecular weight is 378 g/mol. The van der Waals surface area contributed by atoms with E-state index in [9.17, 15) is 9.90 Å². The molecule has 0 aromatic carbocycles. The Morgan fingerprint density at radius 2 is 1.67 bits per heavy atom. The highest BCUT2D eigenvalue weighted by Crippen LogP contribution is 2.67. The summed E-state index contributed by atoms with van der Waals surface area (Å²) < 4.78 is 5.03. The highest BCUT2D eigenvalue weighted by atomic mass is 16.5. The number of carbonyl (C=O) groups is 1. The van der Waals surface area contributed by atoms with Crippen molar-refractivity contribution in [3.8, 4) is 0 Å². The monoisotopic (exact) mass is 377 g/mol.